The molecule has 1 amide bonds. The zero-order valence-electron chi connectivity index (χ0n) is 13.0. The summed E-state index contributed by atoms with van der Waals surface area (Å²) in [5.74, 6) is 0.846. The van der Waals surface area contributed by atoms with Gasteiger partial charge in [0, 0.05) is 19.5 Å². The second-order valence-electron chi connectivity index (χ2n) is 6.06. The average molecular weight is 317 g/mol. The van der Waals surface area contributed by atoms with Crippen molar-refractivity contribution in [3.63, 3.8) is 0 Å². The van der Waals surface area contributed by atoms with Gasteiger partial charge in [0.05, 0.1) is 21.3 Å². The lowest BCUT2D eigenvalue weighted by atomic mass is 9.94. The summed E-state index contributed by atoms with van der Waals surface area (Å²) < 4.78 is 1.15. The van der Waals surface area contributed by atoms with Crippen molar-refractivity contribution < 1.29 is 4.79 Å². The Morgan fingerprint density at radius 1 is 1.41 bits per heavy atom. The van der Waals surface area contributed by atoms with Gasteiger partial charge in [-0.1, -0.05) is 25.5 Å². The van der Waals surface area contributed by atoms with Gasteiger partial charge in [0.25, 0.3) is 0 Å². The molecule has 22 heavy (non-hydrogen) atoms. The van der Waals surface area contributed by atoms with Gasteiger partial charge in [-0.25, -0.2) is 4.98 Å². The quantitative estimate of drug-likeness (QED) is 0.943. The predicted octanol–water partition coefficient (Wildman–Crippen LogP) is 2.81. The first-order valence-corrected chi connectivity index (χ1v) is 8.88. The fourth-order valence-corrected chi connectivity index (χ4v) is 4.10. The van der Waals surface area contributed by atoms with E-state index in [0.717, 1.165) is 47.1 Å². The number of hydrogen-bond acceptors (Lipinski definition) is 4. The van der Waals surface area contributed by atoms with Crippen LogP contribution in [0, 0.1) is 5.92 Å². The molecule has 1 unspecified atom stereocenters. The fourth-order valence-electron chi connectivity index (χ4n) is 3.08. The first-order valence-electron chi connectivity index (χ1n) is 8.06. The van der Waals surface area contributed by atoms with Crippen molar-refractivity contribution in [2.45, 2.75) is 38.6 Å². The van der Waals surface area contributed by atoms with E-state index in [9.17, 15) is 4.79 Å². The summed E-state index contributed by atoms with van der Waals surface area (Å²) in [6.07, 6.45) is 3.96. The summed E-state index contributed by atoms with van der Waals surface area (Å²) >= 11 is 1.63. The van der Waals surface area contributed by atoms with E-state index in [0.29, 0.717) is 6.42 Å². The number of thiazole rings is 1. The molecule has 2 heterocycles. The number of carbonyl (C=O) groups excluding carboxylic acids is 1. The van der Waals surface area contributed by atoms with Gasteiger partial charge in [-0.2, -0.15) is 0 Å². The lowest BCUT2D eigenvalue weighted by Gasteiger charge is -2.33. The molecule has 5 heteroatoms. The molecule has 1 aliphatic heterocycles. The van der Waals surface area contributed by atoms with Crippen molar-refractivity contribution in [1.82, 2.24) is 9.88 Å². The molecule has 118 valence electrons. The minimum atomic E-state index is -0.473. The number of nitrogens with zero attached hydrogens (tertiary/aromatic N) is 2. The normalized spacial score (nSPS) is 17.8. The van der Waals surface area contributed by atoms with Crippen LogP contribution < -0.4 is 5.73 Å². The number of hydrogen-bond donors (Lipinski definition) is 1. The van der Waals surface area contributed by atoms with Gasteiger partial charge < -0.3 is 10.6 Å². The second-order valence-corrected chi connectivity index (χ2v) is 7.18. The van der Waals surface area contributed by atoms with Gasteiger partial charge in [0.1, 0.15) is 0 Å². The molecular formula is C17H23N3OS. The lowest BCUT2D eigenvalue weighted by molar-refractivity contribution is -0.134. The van der Waals surface area contributed by atoms with Crippen LogP contribution in [0.2, 0.25) is 0 Å². The minimum Gasteiger partial charge on any atom is -0.341 e. The summed E-state index contributed by atoms with van der Waals surface area (Å²) in [4.78, 5) is 19.0. The van der Waals surface area contributed by atoms with Crippen LogP contribution in [-0.4, -0.2) is 34.9 Å². The van der Waals surface area contributed by atoms with Crippen molar-refractivity contribution >= 4 is 27.5 Å². The Balaban J connectivity index is 1.61. The third-order valence-corrected chi connectivity index (χ3v) is 5.61. The Kier molecular flexibility index (Phi) is 4.74. The average Bonchev–Trinajstić information content (AvgIpc) is 2.96. The van der Waals surface area contributed by atoms with E-state index in [-0.39, 0.29) is 5.91 Å². The van der Waals surface area contributed by atoms with E-state index >= 15 is 0 Å². The van der Waals surface area contributed by atoms with Crippen LogP contribution >= 0.6 is 11.3 Å². The van der Waals surface area contributed by atoms with Crippen molar-refractivity contribution in [1.29, 1.82) is 0 Å². The summed E-state index contributed by atoms with van der Waals surface area (Å²) in [7, 11) is 0. The zero-order valence-corrected chi connectivity index (χ0v) is 13.8. The molecule has 4 nitrogen and oxygen atoms in total. The van der Waals surface area contributed by atoms with Crippen LogP contribution in [0.4, 0.5) is 0 Å². The van der Waals surface area contributed by atoms with E-state index in [1.54, 1.807) is 11.3 Å². The van der Waals surface area contributed by atoms with Crippen molar-refractivity contribution in [3.8, 4) is 0 Å². The van der Waals surface area contributed by atoms with Gasteiger partial charge >= 0.3 is 0 Å². The SMILES string of the molecule is CCC1CCN(C(=O)C(N)Cc2nc3ccccc3s2)CC1. The first-order chi connectivity index (χ1) is 10.7. The number of rotatable bonds is 4. The molecular weight excluding hydrogens is 294 g/mol. The van der Waals surface area contributed by atoms with Crippen molar-refractivity contribution in [3.05, 3.63) is 29.3 Å². The molecule has 0 spiro atoms. The fraction of sp³-hybridized carbons (Fsp3) is 0.529. The van der Waals surface area contributed by atoms with Crippen LogP contribution in [0.5, 0.6) is 0 Å². The minimum absolute atomic E-state index is 0.0776. The highest BCUT2D eigenvalue weighted by atomic mass is 32.1. The Morgan fingerprint density at radius 2 is 2.14 bits per heavy atom. The van der Waals surface area contributed by atoms with E-state index in [1.807, 2.05) is 23.1 Å². The lowest BCUT2D eigenvalue weighted by Crippen LogP contribution is -2.48. The molecule has 3 rings (SSSR count). The topological polar surface area (TPSA) is 59.2 Å². The highest BCUT2D eigenvalue weighted by Gasteiger charge is 2.26. The zero-order chi connectivity index (χ0) is 15.5. The maximum atomic E-state index is 12.5. The predicted molar refractivity (Wildman–Crippen MR) is 90.9 cm³/mol. The summed E-state index contributed by atoms with van der Waals surface area (Å²) in [5.41, 5.74) is 7.14. The molecule has 2 aromatic rings. The van der Waals surface area contributed by atoms with Crippen LogP contribution in [0.3, 0.4) is 0 Å². The van der Waals surface area contributed by atoms with Gasteiger partial charge in [0.2, 0.25) is 5.91 Å². The summed E-state index contributed by atoms with van der Waals surface area (Å²) in [5, 5.41) is 0.950. The number of piperidine rings is 1. The third kappa shape index (κ3) is 3.31. The van der Waals surface area contributed by atoms with Gasteiger partial charge in [-0.3, -0.25) is 4.79 Å². The molecule has 1 aliphatic rings. The number of nitrogens with two attached hydrogens (primary N) is 1. The Hall–Kier alpha value is -1.46. The van der Waals surface area contributed by atoms with E-state index in [2.05, 4.69) is 18.0 Å². The number of aromatic nitrogens is 1. The third-order valence-electron chi connectivity index (χ3n) is 4.55. The summed E-state index contributed by atoms with van der Waals surface area (Å²) in [6, 6.07) is 7.57. The van der Waals surface area contributed by atoms with Crippen molar-refractivity contribution in [2.24, 2.45) is 11.7 Å². The van der Waals surface area contributed by atoms with Gasteiger partial charge in [-0.15, -0.1) is 11.3 Å². The number of amides is 1. The highest BCUT2D eigenvalue weighted by Crippen LogP contribution is 2.23. The standard InChI is InChI=1S/C17H23N3OS/c1-2-12-7-9-20(10-8-12)17(21)13(18)11-16-19-14-5-3-4-6-15(14)22-16/h3-6,12-13H,2,7-11,18H2,1H3. The Morgan fingerprint density at radius 3 is 2.82 bits per heavy atom. The first kappa shape index (κ1) is 15.4. The number of carbonyl (C=O) groups is 1. The number of benzene rings is 1. The van der Waals surface area contributed by atoms with E-state index < -0.39 is 6.04 Å². The van der Waals surface area contributed by atoms with Crippen LogP contribution in [0.15, 0.2) is 24.3 Å². The van der Waals surface area contributed by atoms with Crippen LogP contribution in [0.1, 0.15) is 31.2 Å². The van der Waals surface area contributed by atoms with Crippen LogP contribution in [0.25, 0.3) is 10.2 Å². The molecule has 0 aliphatic carbocycles. The van der Waals surface area contributed by atoms with Gasteiger partial charge in [-0.05, 0) is 30.9 Å². The maximum absolute atomic E-state index is 12.5. The van der Waals surface area contributed by atoms with Gasteiger partial charge in [0.15, 0.2) is 0 Å². The maximum Gasteiger partial charge on any atom is 0.239 e. The molecule has 2 N–H and O–H groups in total. The van der Waals surface area contributed by atoms with E-state index in [1.165, 1.54) is 6.42 Å². The molecule has 1 aromatic heterocycles. The number of para-hydroxylation sites is 1. The molecule has 0 bridgehead atoms. The molecule has 1 aromatic carbocycles. The Bertz CT molecular complexity index is 613. The monoisotopic (exact) mass is 317 g/mol. The number of fused-ring (bicyclic) bond motifs is 1. The Labute approximate surface area is 135 Å². The smallest absolute Gasteiger partial charge is 0.239 e. The van der Waals surface area contributed by atoms with E-state index in [4.69, 9.17) is 5.73 Å². The summed E-state index contributed by atoms with van der Waals surface area (Å²) in [6.45, 7) is 3.93. The molecule has 1 fully saturated rings. The molecule has 0 radical (unpaired) electrons. The second kappa shape index (κ2) is 6.75. The molecule has 0 saturated carbocycles. The highest BCUT2D eigenvalue weighted by molar-refractivity contribution is 7.18. The molecule has 1 saturated heterocycles. The molecule has 1 atom stereocenters. The van der Waals surface area contributed by atoms with Crippen LogP contribution in [-0.2, 0) is 11.2 Å². The van der Waals surface area contributed by atoms with Crippen molar-refractivity contribution in [2.75, 3.05) is 13.1 Å². The largest absolute Gasteiger partial charge is 0.341 e. The number of likely N-dealkylation sites (tertiary alicyclic amines) is 1.